The highest BCUT2D eigenvalue weighted by atomic mass is 15.2. The van der Waals surface area contributed by atoms with E-state index in [0.717, 1.165) is 6.54 Å². The van der Waals surface area contributed by atoms with Crippen LogP contribution < -0.4 is 10.2 Å². The summed E-state index contributed by atoms with van der Waals surface area (Å²) in [4.78, 5) is 4.92. The third-order valence-electron chi connectivity index (χ3n) is 4.93. The number of fused-ring (bicyclic) bond motifs is 1. The van der Waals surface area contributed by atoms with Crippen LogP contribution in [-0.4, -0.2) is 44.2 Å². The smallest absolute Gasteiger partial charge is 0.0376 e. The van der Waals surface area contributed by atoms with Crippen molar-refractivity contribution in [2.45, 2.75) is 44.7 Å². The van der Waals surface area contributed by atoms with Crippen LogP contribution in [0.15, 0.2) is 18.2 Å². The predicted molar refractivity (Wildman–Crippen MR) is 86.8 cm³/mol. The number of rotatable bonds is 3. The first-order valence-electron chi connectivity index (χ1n) is 7.94. The summed E-state index contributed by atoms with van der Waals surface area (Å²) in [7, 11) is 4.48. The topological polar surface area (TPSA) is 18.5 Å². The number of nitrogens with one attached hydrogen (secondary N) is 1. The Morgan fingerprint density at radius 1 is 1.35 bits per heavy atom. The molecule has 0 saturated carbocycles. The monoisotopic (exact) mass is 273 g/mol. The van der Waals surface area contributed by atoms with Crippen molar-refractivity contribution in [2.24, 2.45) is 0 Å². The van der Waals surface area contributed by atoms with E-state index in [1.807, 2.05) is 0 Å². The van der Waals surface area contributed by atoms with Gasteiger partial charge in [0.25, 0.3) is 0 Å². The number of aryl methyl sites for hydroxylation is 1. The maximum Gasteiger partial charge on any atom is 0.0376 e. The van der Waals surface area contributed by atoms with Crippen molar-refractivity contribution in [1.82, 2.24) is 4.90 Å². The molecule has 2 heterocycles. The molecule has 110 valence electrons. The van der Waals surface area contributed by atoms with Gasteiger partial charge in [0, 0.05) is 37.1 Å². The second-order valence-electron chi connectivity index (χ2n) is 6.58. The summed E-state index contributed by atoms with van der Waals surface area (Å²) in [6.45, 7) is 4.66. The third-order valence-corrected chi connectivity index (χ3v) is 4.93. The first-order valence-corrected chi connectivity index (χ1v) is 7.94. The van der Waals surface area contributed by atoms with Crippen LogP contribution >= 0.6 is 0 Å². The summed E-state index contributed by atoms with van der Waals surface area (Å²) < 4.78 is 0. The molecule has 1 N–H and O–H groups in total. The molecular formula is C17H27N3. The van der Waals surface area contributed by atoms with Crippen molar-refractivity contribution >= 4 is 11.4 Å². The highest BCUT2D eigenvalue weighted by Gasteiger charge is 2.22. The zero-order chi connectivity index (χ0) is 14.1. The summed E-state index contributed by atoms with van der Waals surface area (Å²) in [5, 5.41) is 3.58. The number of anilines is 2. The maximum absolute atomic E-state index is 3.58. The van der Waals surface area contributed by atoms with Crippen molar-refractivity contribution in [1.29, 1.82) is 0 Å². The minimum absolute atomic E-state index is 0.609. The quantitative estimate of drug-likeness (QED) is 0.913. The van der Waals surface area contributed by atoms with Gasteiger partial charge in [-0.05, 0) is 70.0 Å². The summed E-state index contributed by atoms with van der Waals surface area (Å²) in [6.07, 6.45) is 5.13. The Balaban J connectivity index is 1.70. The lowest BCUT2D eigenvalue weighted by molar-refractivity contribution is 0.314. The van der Waals surface area contributed by atoms with E-state index in [0.29, 0.717) is 12.1 Å². The van der Waals surface area contributed by atoms with Gasteiger partial charge >= 0.3 is 0 Å². The van der Waals surface area contributed by atoms with Gasteiger partial charge in [-0.25, -0.2) is 0 Å². The minimum atomic E-state index is 0.609. The van der Waals surface area contributed by atoms with Crippen molar-refractivity contribution in [3.8, 4) is 0 Å². The van der Waals surface area contributed by atoms with E-state index in [4.69, 9.17) is 0 Å². The summed E-state index contributed by atoms with van der Waals surface area (Å²) in [5.41, 5.74) is 4.17. The summed E-state index contributed by atoms with van der Waals surface area (Å²) in [5.74, 6) is 0. The highest BCUT2D eigenvalue weighted by molar-refractivity contribution is 5.62. The van der Waals surface area contributed by atoms with Gasteiger partial charge in [-0.3, -0.25) is 0 Å². The highest BCUT2D eigenvalue weighted by Crippen LogP contribution is 2.29. The summed E-state index contributed by atoms with van der Waals surface area (Å²) in [6, 6.07) is 8.23. The van der Waals surface area contributed by atoms with Gasteiger partial charge in [-0.15, -0.1) is 0 Å². The second-order valence-corrected chi connectivity index (χ2v) is 6.58. The molecule has 2 aliphatic rings. The van der Waals surface area contributed by atoms with Crippen molar-refractivity contribution in [2.75, 3.05) is 37.4 Å². The summed E-state index contributed by atoms with van der Waals surface area (Å²) >= 11 is 0. The Hall–Kier alpha value is -1.22. The normalized spacial score (nSPS) is 26.1. The van der Waals surface area contributed by atoms with Crippen LogP contribution in [0.2, 0.25) is 0 Å². The Labute approximate surface area is 123 Å². The van der Waals surface area contributed by atoms with E-state index in [1.54, 1.807) is 0 Å². The van der Waals surface area contributed by atoms with E-state index in [2.05, 4.69) is 54.3 Å². The Kier molecular flexibility index (Phi) is 3.88. The number of hydrogen-bond donors (Lipinski definition) is 1. The number of benzene rings is 1. The molecule has 0 aromatic heterocycles. The zero-order valence-electron chi connectivity index (χ0n) is 13.0. The molecule has 0 bridgehead atoms. The lowest BCUT2D eigenvalue weighted by atomic mass is 9.98. The van der Waals surface area contributed by atoms with Crippen molar-refractivity contribution in [3.63, 3.8) is 0 Å². The average Bonchev–Trinajstić information content (AvgIpc) is 2.83. The molecule has 2 atom stereocenters. The molecule has 0 aliphatic carbocycles. The van der Waals surface area contributed by atoms with Gasteiger partial charge in [0.2, 0.25) is 0 Å². The van der Waals surface area contributed by atoms with E-state index in [9.17, 15) is 0 Å². The Morgan fingerprint density at radius 2 is 2.20 bits per heavy atom. The first-order chi connectivity index (χ1) is 9.63. The molecule has 2 aliphatic heterocycles. The maximum atomic E-state index is 3.58. The number of likely N-dealkylation sites (tertiary alicyclic amines) is 1. The second kappa shape index (κ2) is 5.65. The molecular weight excluding hydrogens is 246 g/mol. The van der Waals surface area contributed by atoms with Gasteiger partial charge in [-0.1, -0.05) is 0 Å². The van der Waals surface area contributed by atoms with Crippen molar-refractivity contribution < 1.29 is 0 Å². The fourth-order valence-corrected chi connectivity index (χ4v) is 3.51. The molecule has 2 unspecified atom stereocenters. The lowest BCUT2D eigenvalue weighted by Crippen LogP contribution is -2.36. The molecule has 1 aromatic carbocycles. The largest absolute Gasteiger partial charge is 0.382 e. The van der Waals surface area contributed by atoms with Gasteiger partial charge < -0.3 is 15.1 Å². The van der Waals surface area contributed by atoms with E-state index in [1.165, 1.54) is 49.2 Å². The predicted octanol–water partition coefficient (Wildman–Crippen LogP) is 2.96. The molecule has 1 fully saturated rings. The van der Waals surface area contributed by atoms with Crippen LogP contribution in [0, 0.1) is 0 Å². The first kappa shape index (κ1) is 13.7. The Morgan fingerprint density at radius 3 is 2.95 bits per heavy atom. The third kappa shape index (κ3) is 2.78. The van der Waals surface area contributed by atoms with Gasteiger partial charge in [0.15, 0.2) is 0 Å². The number of hydrogen-bond acceptors (Lipinski definition) is 3. The number of nitrogens with zero attached hydrogens (tertiary/aromatic N) is 2. The van der Waals surface area contributed by atoms with Gasteiger partial charge in [0.05, 0.1) is 0 Å². The van der Waals surface area contributed by atoms with Gasteiger partial charge in [0.1, 0.15) is 0 Å². The fraction of sp³-hybridized carbons (Fsp3) is 0.647. The van der Waals surface area contributed by atoms with Crippen LogP contribution in [-0.2, 0) is 6.42 Å². The van der Waals surface area contributed by atoms with Crippen molar-refractivity contribution in [3.05, 3.63) is 23.8 Å². The van der Waals surface area contributed by atoms with Crippen LogP contribution in [0.1, 0.15) is 31.7 Å². The number of likely N-dealkylation sites (N-methyl/N-ethyl adjacent to an activating group) is 2. The zero-order valence-corrected chi connectivity index (χ0v) is 13.0. The van der Waals surface area contributed by atoms with Gasteiger partial charge in [-0.2, -0.15) is 0 Å². The van der Waals surface area contributed by atoms with Crippen LogP contribution in [0.25, 0.3) is 0 Å². The Bertz CT molecular complexity index is 471. The fourth-order valence-electron chi connectivity index (χ4n) is 3.51. The molecule has 0 amide bonds. The molecule has 3 heteroatoms. The molecule has 0 spiro atoms. The SMILES string of the molecule is CC1CCc2cc(N(C)CC3CCCN3C)ccc2N1. The van der Waals surface area contributed by atoms with Crippen LogP contribution in [0.4, 0.5) is 11.4 Å². The molecule has 0 radical (unpaired) electrons. The molecule has 1 aromatic rings. The average molecular weight is 273 g/mol. The standard InChI is InChI=1S/C17H27N3/c1-13-6-7-14-11-15(8-9-17(14)18-13)20(3)12-16-5-4-10-19(16)2/h8-9,11,13,16,18H,4-7,10,12H2,1-3H3. The molecule has 1 saturated heterocycles. The lowest BCUT2D eigenvalue weighted by Gasteiger charge is -2.29. The van der Waals surface area contributed by atoms with Crippen LogP contribution in [0.3, 0.4) is 0 Å². The van der Waals surface area contributed by atoms with E-state index in [-0.39, 0.29) is 0 Å². The van der Waals surface area contributed by atoms with E-state index < -0.39 is 0 Å². The molecule has 3 rings (SSSR count). The van der Waals surface area contributed by atoms with E-state index >= 15 is 0 Å². The molecule has 20 heavy (non-hydrogen) atoms. The minimum Gasteiger partial charge on any atom is -0.382 e. The van der Waals surface area contributed by atoms with Crippen LogP contribution in [0.5, 0.6) is 0 Å². The molecule has 3 nitrogen and oxygen atoms in total.